The number of rotatable bonds is 6. The summed E-state index contributed by atoms with van der Waals surface area (Å²) >= 11 is 0. The number of hydrogen-bond acceptors (Lipinski definition) is 1. The Labute approximate surface area is 88.9 Å². The van der Waals surface area contributed by atoms with Gasteiger partial charge in [0.2, 0.25) is 0 Å². The van der Waals surface area contributed by atoms with Gasteiger partial charge in [-0.05, 0) is 25.2 Å². The molecule has 1 aliphatic rings. The number of hydrogen-bond donors (Lipinski definition) is 1. The molecule has 0 amide bonds. The van der Waals surface area contributed by atoms with E-state index in [1.54, 1.807) is 0 Å². The van der Waals surface area contributed by atoms with Crippen molar-refractivity contribution in [1.82, 2.24) is 0 Å². The summed E-state index contributed by atoms with van der Waals surface area (Å²) in [6, 6.07) is 0. The second kappa shape index (κ2) is 7.28. The van der Waals surface area contributed by atoms with Gasteiger partial charge < -0.3 is 5.11 Å². The number of unbranched alkanes of at least 4 members (excludes halogenated alkanes) is 4. The Morgan fingerprint density at radius 2 is 1.71 bits per heavy atom. The highest BCUT2D eigenvalue weighted by atomic mass is 16.3. The fourth-order valence-corrected chi connectivity index (χ4v) is 2.53. The monoisotopic (exact) mass is 198 g/mol. The van der Waals surface area contributed by atoms with E-state index in [0.29, 0.717) is 5.92 Å². The Bertz CT molecular complexity index is 133. The molecule has 1 N–H and O–H groups in total. The zero-order chi connectivity index (χ0) is 10.2. The zero-order valence-corrected chi connectivity index (χ0v) is 9.67. The van der Waals surface area contributed by atoms with Crippen molar-refractivity contribution >= 4 is 0 Å². The highest BCUT2D eigenvalue weighted by Crippen LogP contribution is 2.28. The molecule has 1 rings (SSSR count). The molecule has 0 aromatic heterocycles. The van der Waals surface area contributed by atoms with Gasteiger partial charge in [-0.2, -0.15) is 0 Å². The van der Waals surface area contributed by atoms with Crippen molar-refractivity contribution in [2.75, 3.05) is 0 Å². The molecule has 0 saturated heterocycles. The van der Waals surface area contributed by atoms with E-state index in [0.717, 1.165) is 6.42 Å². The molecule has 1 nitrogen and oxygen atoms in total. The van der Waals surface area contributed by atoms with Crippen LogP contribution in [-0.2, 0) is 0 Å². The van der Waals surface area contributed by atoms with Crippen LogP contribution in [0, 0.1) is 5.92 Å². The molecule has 0 heterocycles. The van der Waals surface area contributed by atoms with Gasteiger partial charge >= 0.3 is 0 Å². The van der Waals surface area contributed by atoms with Gasteiger partial charge in [-0.3, -0.25) is 0 Å². The summed E-state index contributed by atoms with van der Waals surface area (Å²) in [7, 11) is 0. The lowest BCUT2D eigenvalue weighted by atomic mass is 9.83. The molecule has 0 spiro atoms. The maximum absolute atomic E-state index is 9.77. The predicted molar refractivity (Wildman–Crippen MR) is 61.3 cm³/mol. The van der Waals surface area contributed by atoms with Crippen molar-refractivity contribution in [2.24, 2.45) is 5.92 Å². The molecule has 1 aliphatic carbocycles. The Kier molecular flexibility index (Phi) is 6.25. The van der Waals surface area contributed by atoms with Crippen LogP contribution in [0.25, 0.3) is 0 Å². The highest BCUT2D eigenvalue weighted by molar-refractivity contribution is 4.74. The van der Waals surface area contributed by atoms with Gasteiger partial charge in [-0.1, -0.05) is 51.9 Å². The fraction of sp³-hybridized carbons (Fsp3) is 1.00. The van der Waals surface area contributed by atoms with Crippen LogP contribution in [0.2, 0.25) is 0 Å². The van der Waals surface area contributed by atoms with Gasteiger partial charge in [-0.15, -0.1) is 0 Å². The van der Waals surface area contributed by atoms with Gasteiger partial charge in [0.05, 0.1) is 6.10 Å². The maximum atomic E-state index is 9.77. The molecule has 2 atom stereocenters. The average Bonchev–Trinajstić information content (AvgIpc) is 2.20. The molecule has 84 valence electrons. The fourth-order valence-electron chi connectivity index (χ4n) is 2.53. The quantitative estimate of drug-likeness (QED) is 0.642. The summed E-state index contributed by atoms with van der Waals surface area (Å²) in [5.41, 5.74) is 0. The van der Waals surface area contributed by atoms with Gasteiger partial charge in [0.15, 0.2) is 0 Å². The van der Waals surface area contributed by atoms with E-state index in [4.69, 9.17) is 0 Å². The number of aliphatic hydroxyl groups excluding tert-OH is 1. The largest absolute Gasteiger partial charge is 0.393 e. The molecule has 1 fully saturated rings. The average molecular weight is 198 g/mol. The molecule has 0 radical (unpaired) electrons. The first-order valence-corrected chi connectivity index (χ1v) is 6.52. The second-order valence-corrected chi connectivity index (χ2v) is 4.81. The molecule has 0 bridgehead atoms. The number of aliphatic hydroxyl groups is 1. The molecular weight excluding hydrogens is 172 g/mol. The summed E-state index contributed by atoms with van der Waals surface area (Å²) < 4.78 is 0. The van der Waals surface area contributed by atoms with Gasteiger partial charge in [0.1, 0.15) is 0 Å². The third-order valence-electron chi connectivity index (χ3n) is 3.55. The van der Waals surface area contributed by atoms with Crippen LogP contribution < -0.4 is 0 Å². The SMILES string of the molecule is CCCCCCC[C@H]1CCCC[C@@H]1O. The van der Waals surface area contributed by atoms with Crippen LogP contribution in [0.15, 0.2) is 0 Å². The Hall–Kier alpha value is -0.0400. The van der Waals surface area contributed by atoms with E-state index in [1.807, 2.05) is 0 Å². The molecule has 0 unspecified atom stereocenters. The minimum absolute atomic E-state index is 0.0231. The van der Waals surface area contributed by atoms with E-state index < -0.39 is 0 Å². The highest BCUT2D eigenvalue weighted by Gasteiger charge is 2.21. The standard InChI is InChI=1S/C13H26O/c1-2-3-4-5-6-9-12-10-7-8-11-13(12)14/h12-14H,2-11H2,1H3/t12-,13-/m0/s1. The van der Waals surface area contributed by atoms with Crippen molar-refractivity contribution in [3.63, 3.8) is 0 Å². The summed E-state index contributed by atoms with van der Waals surface area (Å²) in [6.07, 6.45) is 13.0. The Morgan fingerprint density at radius 1 is 1.00 bits per heavy atom. The molecule has 0 aromatic rings. The van der Waals surface area contributed by atoms with Crippen molar-refractivity contribution in [3.05, 3.63) is 0 Å². The smallest absolute Gasteiger partial charge is 0.0568 e. The van der Waals surface area contributed by atoms with E-state index in [2.05, 4.69) is 6.92 Å². The first kappa shape index (κ1) is 12.0. The van der Waals surface area contributed by atoms with E-state index in [1.165, 1.54) is 57.8 Å². The first-order chi connectivity index (χ1) is 6.84. The second-order valence-electron chi connectivity index (χ2n) is 4.81. The summed E-state index contributed by atoms with van der Waals surface area (Å²) in [6.45, 7) is 2.25. The minimum atomic E-state index is 0.0231. The lowest BCUT2D eigenvalue weighted by molar-refractivity contribution is 0.0639. The van der Waals surface area contributed by atoms with Crippen LogP contribution in [-0.4, -0.2) is 11.2 Å². The third-order valence-corrected chi connectivity index (χ3v) is 3.55. The van der Waals surface area contributed by atoms with Gasteiger partial charge in [0.25, 0.3) is 0 Å². The molecule has 1 saturated carbocycles. The zero-order valence-electron chi connectivity index (χ0n) is 9.67. The molecule has 0 aromatic carbocycles. The van der Waals surface area contributed by atoms with E-state index in [-0.39, 0.29) is 6.10 Å². The van der Waals surface area contributed by atoms with Crippen molar-refractivity contribution in [2.45, 2.75) is 77.2 Å². The van der Waals surface area contributed by atoms with E-state index in [9.17, 15) is 5.11 Å². The third kappa shape index (κ3) is 4.45. The lowest BCUT2D eigenvalue weighted by Gasteiger charge is -2.27. The van der Waals surface area contributed by atoms with Crippen molar-refractivity contribution in [1.29, 1.82) is 0 Å². The van der Waals surface area contributed by atoms with Crippen LogP contribution in [0.1, 0.15) is 71.1 Å². The Morgan fingerprint density at radius 3 is 2.43 bits per heavy atom. The summed E-state index contributed by atoms with van der Waals surface area (Å²) in [4.78, 5) is 0. The van der Waals surface area contributed by atoms with Crippen LogP contribution >= 0.6 is 0 Å². The molecular formula is C13H26O. The van der Waals surface area contributed by atoms with Crippen LogP contribution in [0.3, 0.4) is 0 Å². The summed E-state index contributed by atoms with van der Waals surface area (Å²) in [5, 5.41) is 9.77. The molecule has 1 heteroatoms. The first-order valence-electron chi connectivity index (χ1n) is 6.52. The van der Waals surface area contributed by atoms with E-state index >= 15 is 0 Å². The molecule has 0 aliphatic heterocycles. The minimum Gasteiger partial charge on any atom is -0.393 e. The van der Waals surface area contributed by atoms with Crippen molar-refractivity contribution in [3.8, 4) is 0 Å². The lowest BCUT2D eigenvalue weighted by Crippen LogP contribution is -2.24. The topological polar surface area (TPSA) is 20.2 Å². The Balaban J connectivity index is 1.99. The summed E-state index contributed by atoms with van der Waals surface area (Å²) in [5.74, 6) is 0.630. The normalized spacial score (nSPS) is 27.9. The van der Waals surface area contributed by atoms with Crippen molar-refractivity contribution < 1.29 is 5.11 Å². The van der Waals surface area contributed by atoms with Crippen LogP contribution in [0.4, 0.5) is 0 Å². The van der Waals surface area contributed by atoms with Gasteiger partial charge in [0, 0.05) is 0 Å². The predicted octanol–water partition coefficient (Wildman–Crippen LogP) is 3.90. The molecule has 14 heavy (non-hydrogen) atoms. The van der Waals surface area contributed by atoms with Crippen LogP contribution in [0.5, 0.6) is 0 Å². The van der Waals surface area contributed by atoms with Gasteiger partial charge in [-0.25, -0.2) is 0 Å². The maximum Gasteiger partial charge on any atom is 0.0568 e.